The SMILES string of the molecule is CCNC(=NCC(C)(O)c1ccsc1)NCCc1nc2ccccc2[nH]1.I. The monoisotopic (exact) mass is 499 g/mol. The number of hydrogen-bond donors (Lipinski definition) is 4. The normalized spacial score (nSPS) is 13.8. The number of imidazole rings is 1. The first-order valence-electron chi connectivity index (χ1n) is 8.79. The number of fused-ring (bicyclic) bond motifs is 1. The van der Waals surface area contributed by atoms with Gasteiger partial charge in [0.2, 0.25) is 0 Å². The molecule has 2 aromatic heterocycles. The van der Waals surface area contributed by atoms with Crippen molar-refractivity contribution in [3.8, 4) is 0 Å². The highest BCUT2D eigenvalue weighted by Crippen LogP contribution is 2.23. The van der Waals surface area contributed by atoms with Crippen LogP contribution < -0.4 is 10.6 Å². The Morgan fingerprint density at radius 3 is 2.81 bits per heavy atom. The molecule has 146 valence electrons. The lowest BCUT2D eigenvalue weighted by atomic mass is 10.00. The Kier molecular flexibility index (Phi) is 8.06. The fraction of sp³-hybridized carbons (Fsp3) is 0.368. The molecule has 0 bridgehead atoms. The van der Waals surface area contributed by atoms with Crippen LogP contribution in [0, 0.1) is 0 Å². The molecule has 0 aliphatic rings. The molecule has 0 aliphatic heterocycles. The second-order valence-electron chi connectivity index (χ2n) is 6.36. The van der Waals surface area contributed by atoms with Crippen molar-refractivity contribution in [2.24, 2.45) is 4.99 Å². The smallest absolute Gasteiger partial charge is 0.191 e. The fourth-order valence-electron chi connectivity index (χ4n) is 2.66. The minimum Gasteiger partial charge on any atom is -0.383 e. The van der Waals surface area contributed by atoms with Crippen LogP contribution in [0.3, 0.4) is 0 Å². The maximum absolute atomic E-state index is 10.6. The number of halogens is 1. The molecule has 8 heteroatoms. The molecule has 4 N–H and O–H groups in total. The summed E-state index contributed by atoms with van der Waals surface area (Å²) in [4.78, 5) is 12.4. The van der Waals surface area contributed by atoms with Gasteiger partial charge in [-0.3, -0.25) is 0 Å². The molecule has 0 saturated carbocycles. The van der Waals surface area contributed by atoms with E-state index in [9.17, 15) is 5.11 Å². The highest BCUT2D eigenvalue weighted by Gasteiger charge is 2.23. The van der Waals surface area contributed by atoms with Gasteiger partial charge < -0.3 is 20.7 Å². The summed E-state index contributed by atoms with van der Waals surface area (Å²) >= 11 is 1.57. The topological polar surface area (TPSA) is 85.3 Å². The van der Waals surface area contributed by atoms with Gasteiger partial charge in [-0.2, -0.15) is 11.3 Å². The molecule has 1 aromatic carbocycles. The summed E-state index contributed by atoms with van der Waals surface area (Å²) in [5.41, 5.74) is 1.95. The lowest BCUT2D eigenvalue weighted by Gasteiger charge is -2.21. The lowest BCUT2D eigenvalue weighted by molar-refractivity contribution is 0.0677. The van der Waals surface area contributed by atoms with E-state index >= 15 is 0 Å². The number of rotatable bonds is 7. The van der Waals surface area contributed by atoms with Gasteiger partial charge in [0.05, 0.1) is 17.6 Å². The van der Waals surface area contributed by atoms with E-state index in [4.69, 9.17) is 0 Å². The molecule has 0 saturated heterocycles. The van der Waals surface area contributed by atoms with Gasteiger partial charge in [-0.05, 0) is 48.4 Å². The number of thiophene rings is 1. The zero-order chi connectivity index (χ0) is 18.4. The first-order valence-corrected chi connectivity index (χ1v) is 9.73. The van der Waals surface area contributed by atoms with E-state index in [-0.39, 0.29) is 24.0 Å². The number of para-hydroxylation sites is 2. The van der Waals surface area contributed by atoms with Crippen molar-refractivity contribution in [3.05, 3.63) is 52.5 Å². The molecule has 2 heterocycles. The van der Waals surface area contributed by atoms with Crippen LogP contribution in [0.15, 0.2) is 46.1 Å². The van der Waals surface area contributed by atoms with Crippen molar-refractivity contribution < 1.29 is 5.11 Å². The van der Waals surface area contributed by atoms with Crippen LogP contribution in [0.25, 0.3) is 11.0 Å². The van der Waals surface area contributed by atoms with Crippen molar-refractivity contribution >= 4 is 52.3 Å². The highest BCUT2D eigenvalue weighted by atomic mass is 127. The fourth-order valence-corrected chi connectivity index (χ4v) is 3.44. The Labute approximate surface area is 180 Å². The summed E-state index contributed by atoms with van der Waals surface area (Å²) < 4.78 is 0. The highest BCUT2D eigenvalue weighted by molar-refractivity contribution is 14.0. The zero-order valence-corrected chi connectivity index (χ0v) is 18.7. The van der Waals surface area contributed by atoms with Crippen LogP contribution in [0.5, 0.6) is 0 Å². The average Bonchev–Trinajstić information content (AvgIpc) is 3.29. The van der Waals surface area contributed by atoms with Crippen molar-refractivity contribution in [1.82, 2.24) is 20.6 Å². The number of H-pyrrole nitrogens is 1. The van der Waals surface area contributed by atoms with Crippen molar-refractivity contribution in [3.63, 3.8) is 0 Å². The molecule has 3 rings (SSSR count). The number of hydrogen-bond acceptors (Lipinski definition) is 4. The van der Waals surface area contributed by atoms with E-state index in [1.165, 1.54) is 0 Å². The first kappa shape index (κ1) is 21.6. The van der Waals surface area contributed by atoms with Crippen molar-refractivity contribution in [2.45, 2.75) is 25.9 Å². The van der Waals surface area contributed by atoms with Crippen molar-refractivity contribution in [2.75, 3.05) is 19.6 Å². The number of nitrogens with one attached hydrogen (secondary N) is 3. The molecule has 0 fully saturated rings. The van der Waals surface area contributed by atoms with Crippen LogP contribution in [0.1, 0.15) is 25.2 Å². The van der Waals surface area contributed by atoms with Crippen molar-refractivity contribution in [1.29, 1.82) is 0 Å². The summed E-state index contributed by atoms with van der Waals surface area (Å²) in [5, 5.41) is 21.0. The number of benzene rings is 1. The lowest BCUT2D eigenvalue weighted by Crippen LogP contribution is -2.39. The molecule has 0 radical (unpaired) electrons. The number of aromatic nitrogens is 2. The predicted octanol–water partition coefficient (Wildman–Crippen LogP) is 3.25. The molecular weight excluding hydrogens is 473 g/mol. The first-order chi connectivity index (χ1) is 12.6. The Bertz CT molecular complexity index is 827. The predicted molar refractivity (Wildman–Crippen MR) is 123 cm³/mol. The third kappa shape index (κ3) is 5.91. The van der Waals surface area contributed by atoms with Gasteiger partial charge in [0.25, 0.3) is 0 Å². The average molecular weight is 499 g/mol. The number of guanidine groups is 1. The van der Waals surface area contributed by atoms with E-state index in [0.29, 0.717) is 19.0 Å². The van der Waals surface area contributed by atoms with Gasteiger partial charge in [0, 0.05) is 19.5 Å². The van der Waals surface area contributed by atoms with E-state index in [1.807, 2.05) is 48.0 Å². The maximum Gasteiger partial charge on any atom is 0.191 e. The summed E-state index contributed by atoms with van der Waals surface area (Å²) in [5.74, 6) is 1.64. The maximum atomic E-state index is 10.6. The van der Waals surface area contributed by atoms with Gasteiger partial charge in [-0.1, -0.05) is 12.1 Å². The second kappa shape index (κ2) is 10.0. The van der Waals surface area contributed by atoms with Gasteiger partial charge >= 0.3 is 0 Å². The van der Waals surface area contributed by atoms with Crippen LogP contribution in [0.2, 0.25) is 0 Å². The molecule has 0 amide bonds. The standard InChI is InChI=1S/C19H25N5OS.HI/c1-3-20-18(22-13-19(2,25)14-9-11-26-12-14)21-10-8-17-23-15-6-4-5-7-16(15)24-17;/h4-7,9,11-12,25H,3,8,10,13H2,1-2H3,(H,23,24)(H2,20,21,22);1H. The number of aliphatic imine (C=N–C) groups is 1. The van der Waals surface area contributed by atoms with Crippen LogP contribution in [-0.4, -0.2) is 40.7 Å². The van der Waals surface area contributed by atoms with E-state index in [0.717, 1.165) is 35.4 Å². The summed E-state index contributed by atoms with van der Waals surface area (Å²) in [6.45, 7) is 5.57. The molecular formula is C19H26IN5OS. The van der Waals surface area contributed by atoms with Crippen LogP contribution in [-0.2, 0) is 12.0 Å². The van der Waals surface area contributed by atoms with Crippen LogP contribution >= 0.6 is 35.3 Å². The third-order valence-electron chi connectivity index (χ3n) is 4.13. The Morgan fingerprint density at radius 1 is 1.30 bits per heavy atom. The zero-order valence-electron chi connectivity index (χ0n) is 15.5. The molecule has 1 atom stereocenters. The van der Waals surface area contributed by atoms with E-state index in [2.05, 4.69) is 25.6 Å². The largest absolute Gasteiger partial charge is 0.383 e. The van der Waals surface area contributed by atoms with E-state index in [1.54, 1.807) is 18.3 Å². The molecule has 0 aliphatic carbocycles. The number of aliphatic hydroxyl groups is 1. The third-order valence-corrected chi connectivity index (χ3v) is 4.81. The number of aromatic amines is 1. The Hall–Kier alpha value is -1.65. The quantitative estimate of drug-likeness (QED) is 0.229. The minimum absolute atomic E-state index is 0. The molecule has 3 aromatic rings. The van der Waals surface area contributed by atoms with Gasteiger partial charge in [-0.15, -0.1) is 24.0 Å². The number of nitrogens with zero attached hydrogens (tertiary/aromatic N) is 2. The van der Waals surface area contributed by atoms with Gasteiger partial charge in [0.1, 0.15) is 11.4 Å². The molecule has 6 nitrogen and oxygen atoms in total. The molecule has 1 unspecified atom stereocenters. The minimum atomic E-state index is -0.971. The molecule has 27 heavy (non-hydrogen) atoms. The Morgan fingerprint density at radius 2 is 2.11 bits per heavy atom. The second-order valence-corrected chi connectivity index (χ2v) is 7.14. The summed E-state index contributed by atoms with van der Waals surface area (Å²) in [7, 11) is 0. The van der Waals surface area contributed by atoms with Gasteiger partial charge in [0.15, 0.2) is 5.96 Å². The van der Waals surface area contributed by atoms with Gasteiger partial charge in [-0.25, -0.2) is 9.98 Å². The Balaban J connectivity index is 0.00000261. The van der Waals surface area contributed by atoms with E-state index < -0.39 is 5.60 Å². The summed E-state index contributed by atoms with van der Waals surface area (Å²) in [6.07, 6.45) is 0.764. The molecule has 0 spiro atoms. The summed E-state index contributed by atoms with van der Waals surface area (Å²) in [6, 6.07) is 9.94. The van der Waals surface area contributed by atoms with Crippen LogP contribution in [0.4, 0.5) is 0 Å².